The number of amides is 1. The van der Waals surface area contributed by atoms with Crippen molar-refractivity contribution in [2.45, 2.75) is 13.3 Å². The molecule has 142 valence electrons. The number of aryl methyl sites for hydroxylation is 1. The van der Waals surface area contributed by atoms with Gasteiger partial charge in [0, 0.05) is 7.11 Å². The zero-order valence-corrected chi connectivity index (χ0v) is 16.1. The number of carbonyl (C=O) groups excluding carboxylic acids is 1. The summed E-state index contributed by atoms with van der Waals surface area (Å²) in [5, 5.41) is 20.9. The molecule has 2 aromatic rings. The van der Waals surface area contributed by atoms with Crippen LogP contribution >= 0.6 is 11.3 Å². The lowest BCUT2D eigenvalue weighted by atomic mass is 10.1. The van der Waals surface area contributed by atoms with E-state index in [-0.39, 0.29) is 5.57 Å². The smallest absolute Gasteiger partial charge is 0.268 e. The number of hydrogen-bond donors (Lipinski definition) is 1. The van der Waals surface area contributed by atoms with Crippen LogP contribution in [0.1, 0.15) is 17.5 Å². The van der Waals surface area contributed by atoms with Crippen LogP contribution in [-0.4, -0.2) is 43.5 Å². The van der Waals surface area contributed by atoms with Crippen LogP contribution in [0, 0.1) is 11.3 Å². The summed E-state index contributed by atoms with van der Waals surface area (Å²) in [4.78, 5) is 12.3. The molecule has 2 rings (SSSR count). The van der Waals surface area contributed by atoms with E-state index in [1.807, 2.05) is 13.0 Å². The lowest BCUT2D eigenvalue weighted by molar-refractivity contribution is -0.112. The second-order valence-electron chi connectivity index (χ2n) is 5.23. The van der Waals surface area contributed by atoms with Gasteiger partial charge < -0.3 is 14.2 Å². The molecule has 1 heterocycles. The van der Waals surface area contributed by atoms with E-state index in [1.165, 1.54) is 24.5 Å². The number of hydrogen-bond acceptors (Lipinski definition) is 8. The maximum Gasteiger partial charge on any atom is 0.268 e. The molecule has 8 nitrogen and oxygen atoms in total. The Morgan fingerprint density at radius 3 is 2.74 bits per heavy atom. The highest BCUT2D eigenvalue weighted by molar-refractivity contribution is 7.15. The minimum Gasteiger partial charge on any atom is -0.493 e. The van der Waals surface area contributed by atoms with Gasteiger partial charge in [0.25, 0.3) is 5.91 Å². The first-order valence-electron chi connectivity index (χ1n) is 8.16. The third-order valence-corrected chi connectivity index (χ3v) is 4.38. The minimum atomic E-state index is -0.546. The monoisotopic (exact) mass is 388 g/mol. The average Bonchev–Trinajstić information content (AvgIpc) is 3.14. The number of nitrogens with one attached hydrogen (secondary N) is 1. The van der Waals surface area contributed by atoms with Gasteiger partial charge in [-0.25, -0.2) is 0 Å². The molecule has 27 heavy (non-hydrogen) atoms. The maximum atomic E-state index is 12.3. The van der Waals surface area contributed by atoms with Gasteiger partial charge in [0.1, 0.15) is 23.3 Å². The summed E-state index contributed by atoms with van der Waals surface area (Å²) in [5.41, 5.74) is 0.572. The van der Waals surface area contributed by atoms with Crippen molar-refractivity contribution in [2.75, 3.05) is 32.8 Å². The first kappa shape index (κ1) is 20.4. The molecule has 0 aliphatic heterocycles. The summed E-state index contributed by atoms with van der Waals surface area (Å²) in [7, 11) is 3.11. The van der Waals surface area contributed by atoms with Crippen molar-refractivity contribution in [1.29, 1.82) is 5.26 Å². The fourth-order valence-corrected chi connectivity index (χ4v) is 2.73. The van der Waals surface area contributed by atoms with Crippen LogP contribution in [0.5, 0.6) is 11.5 Å². The third-order valence-electron chi connectivity index (χ3n) is 3.40. The molecule has 9 heteroatoms. The van der Waals surface area contributed by atoms with Crippen molar-refractivity contribution in [1.82, 2.24) is 10.2 Å². The number of methoxy groups -OCH3 is 2. The van der Waals surface area contributed by atoms with Crippen LogP contribution in [-0.2, 0) is 16.0 Å². The van der Waals surface area contributed by atoms with Gasteiger partial charge in [0.15, 0.2) is 11.5 Å². The number of anilines is 1. The molecule has 0 atom stereocenters. The van der Waals surface area contributed by atoms with Gasteiger partial charge in [0.2, 0.25) is 5.13 Å². The van der Waals surface area contributed by atoms with E-state index in [4.69, 9.17) is 14.2 Å². The Kier molecular flexibility index (Phi) is 7.73. The first-order valence-corrected chi connectivity index (χ1v) is 8.98. The molecule has 0 aliphatic rings. The minimum absolute atomic E-state index is 0.0571. The van der Waals surface area contributed by atoms with Crippen LogP contribution in [0.4, 0.5) is 5.13 Å². The molecule has 1 amide bonds. The number of ether oxygens (including phenoxy) is 3. The number of rotatable bonds is 9. The predicted octanol–water partition coefficient (Wildman–Crippen LogP) is 2.68. The van der Waals surface area contributed by atoms with Crippen LogP contribution < -0.4 is 14.8 Å². The average molecular weight is 388 g/mol. The Bertz CT molecular complexity index is 857. The van der Waals surface area contributed by atoms with E-state index >= 15 is 0 Å². The number of carbonyl (C=O) groups is 1. The second-order valence-corrected chi connectivity index (χ2v) is 6.29. The van der Waals surface area contributed by atoms with Gasteiger partial charge in [-0.2, -0.15) is 5.26 Å². The SMILES string of the molecule is CCc1nnc(NC(=O)/C(C#N)=C/c2ccc(OCCOC)c(OC)c2)s1. The number of benzene rings is 1. The number of nitriles is 1. The zero-order chi connectivity index (χ0) is 19.6. The van der Waals surface area contributed by atoms with E-state index < -0.39 is 5.91 Å². The van der Waals surface area contributed by atoms with Crippen molar-refractivity contribution in [3.8, 4) is 17.6 Å². The molecule has 0 unspecified atom stereocenters. The van der Waals surface area contributed by atoms with Crippen molar-refractivity contribution in [3.63, 3.8) is 0 Å². The number of aromatic nitrogens is 2. The van der Waals surface area contributed by atoms with Crippen molar-refractivity contribution < 1.29 is 19.0 Å². The van der Waals surface area contributed by atoms with E-state index in [2.05, 4.69) is 15.5 Å². The molecule has 1 aromatic heterocycles. The molecule has 0 saturated heterocycles. The highest BCUT2D eigenvalue weighted by atomic mass is 32.1. The van der Waals surface area contributed by atoms with E-state index in [0.29, 0.717) is 35.4 Å². The Morgan fingerprint density at radius 1 is 1.30 bits per heavy atom. The molecule has 0 bridgehead atoms. The quantitative estimate of drug-likeness (QED) is 0.400. The third kappa shape index (κ3) is 5.77. The summed E-state index contributed by atoms with van der Waals surface area (Å²) in [5.74, 6) is 0.501. The highest BCUT2D eigenvalue weighted by Crippen LogP contribution is 2.29. The van der Waals surface area contributed by atoms with Gasteiger partial charge >= 0.3 is 0 Å². The Hall–Kier alpha value is -2.96. The van der Waals surface area contributed by atoms with E-state index in [0.717, 1.165) is 11.4 Å². The number of nitrogens with zero attached hydrogens (tertiary/aromatic N) is 3. The maximum absolute atomic E-state index is 12.3. The summed E-state index contributed by atoms with van der Waals surface area (Å²) in [6, 6.07) is 7.03. The summed E-state index contributed by atoms with van der Waals surface area (Å²) in [6.45, 7) is 2.78. The molecule has 0 spiro atoms. The molecule has 0 radical (unpaired) electrons. The summed E-state index contributed by atoms with van der Waals surface area (Å²) in [6.07, 6.45) is 2.20. The lowest BCUT2D eigenvalue weighted by Crippen LogP contribution is -2.13. The molecule has 0 saturated carbocycles. The highest BCUT2D eigenvalue weighted by Gasteiger charge is 2.13. The van der Waals surface area contributed by atoms with Gasteiger partial charge in [-0.15, -0.1) is 10.2 Å². The molecular formula is C18H20N4O4S. The van der Waals surface area contributed by atoms with E-state index in [9.17, 15) is 10.1 Å². The Balaban J connectivity index is 2.15. The topological polar surface area (TPSA) is 106 Å². The van der Waals surface area contributed by atoms with Crippen molar-refractivity contribution in [3.05, 3.63) is 34.3 Å². The predicted molar refractivity (Wildman–Crippen MR) is 102 cm³/mol. The van der Waals surface area contributed by atoms with Gasteiger partial charge in [-0.3, -0.25) is 10.1 Å². The standard InChI is InChI=1S/C18H20N4O4S/c1-4-16-21-22-18(27-16)20-17(23)13(11-19)9-12-5-6-14(15(10-12)25-3)26-8-7-24-2/h5-6,9-10H,4,7-8H2,1-3H3,(H,20,22,23)/b13-9+. The van der Waals surface area contributed by atoms with Gasteiger partial charge in [-0.1, -0.05) is 24.3 Å². The Labute approximate surface area is 161 Å². The van der Waals surface area contributed by atoms with Crippen molar-refractivity contribution in [2.24, 2.45) is 0 Å². The van der Waals surface area contributed by atoms with E-state index in [1.54, 1.807) is 25.3 Å². The largest absolute Gasteiger partial charge is 0.493 e. The molecule has 0 aliphatic carbocycles. The molecule has 0 fully saturated rings. The second kappa shape index (κ2) is 10.3. The van der Waals surface area contributed by atoms with Gasteiger partial charge in [-0.05, 0) is 30.2 Å². The summed E-state index contributed by atoms with van der Waals surface area (Å²) < 4.78 is 15.8. The molecular weight excluding hydrogens is 368 g/mol. The van der Waals surface area contributed by atoms with Crippen LogP contribution in [0.2, 0.25) is 0 Å². The van der Waals surface area contributed by atoms with Crippen LogP contribution in [0.15, 0.2) is 23.8 Å². The molecule has 1 N–H and O–H groups in total. The molecule has 1 aromatic carbocycles. The van der Waals surface area contributed by atoms with Crippen molar-refractivity contribution >= 4 is 28.5 Å². The normalized spacial score (nSPS) is 11.0. The van der Waals surface area contributed by atoms with Crippen LogP contribution in [0.25, 0.3) is 6.08 Å². The fraction of sp³-hybridized carbons (Fsp3) is 0.333. The Morgan fingerprint density at radius 2 is 2.11 bits per heavy atom. The lowest BCUT2D eigenvalue weighted by Gasteiger charge is -2.11. The summed E-state index contributed by atoms with van der Waals surface area (Å²) >= 11 is 1.28. The van der Waals surface area contributed by atoms with Crippen LogP contribution in [0.3, 0.4) is 0 Å². The van der Waals surface area contributed by atoms with Gasteiger partial charge in [0.05, 0.1) is 13.7 Å². The zero-order valence-electron chi connectivity index (χ0n) is 15.3. The first-order chi connectivity index (χ1) is 13.1. The fourth-order valence-electron chi connectivity index (χ4n) is 2.05.